The topological polar surface area (TPSA) is 0 Å². The molecule has 0 rings (SSSR count). The van der Waals surface area contributed by atoms with Crippen molar-refractivity contribution in [1.29, 1.82) is 0 Å². The number of rotatable bonds is 34. The summed E-state index contributed by atoms with van der Waals surface area (Å²) in [6.45, 7) is 6.98. The van der Waals surface area contributed by atoms with E-state index in [1.54, 1.807) is 0 Å². The van der Waals surface area contributed by atoms with E-state index < -0.39 is 0 Å². The minimum Gasteiger partial charge on any atom is -0.0654 e. The van der Waals surface area contributed by atoms with Gasteiger partial charge in [-0.2, -0.15) is 0 Å². The molecule has 0 N–H and O–H groups in total. The third kappa shape index (κ3) is 32.2. The van der Waals surface area contributed by atoms with Crippen LogP contribution in [0.5, 0.6) is 0 Å². The zero-order valence-electron chi connectivity index (χ0n) is 27.6. The molecule has 0 aromatic carbocycles. The molecule has 0 amide bonds. The van der Waals surface area contributed by atoms with Crippen molar-refractivity contribution in [2.75, 3.05) is 0 Å². The van der Waals surface area contributed by atoms with Crippen LogP contribution in [0.15, 0.2) is 0 Å². The first-order valence-corrected chi connectivity index (χ1v) is 18.8. The molecule has 0 radical (unpaired) electrons. The molecule has 0 saturated carbocycles. The van der Waals surface area contributed by atoms with Gasteiger partial charge in [-0.05, 0) is 5.92 Å². The van der Waals surface area contributed by atoms with E-state index in [1.165, 1.54) is 218 Å². The highest BCUT2D eigenvalue weighted by Crippen LogP contribution is 2.24. The van der Waals surface area contributed by atoms with Crippen molar-refractivity contribution >= 4 is 0 Å². The van der Waals surface area contributed by atoms with E-state index in [9.17, 15) is 0 Å². The van der Waals surface area contributed by atoms with Crippen molar-refractivity contribution in [3.8, 4) is 0 Å². The van der Waals surface area contributed by atoms with Crippen molar-refractivity contribution in [3.63, 3.8) is 0 Å². The van der Waals surface area contributed by atoms with Crippen LogP contribution in [0.1, 0.15) is 239 Å². The molecule has 0 aromatic rings. The minimum absolute atomic E-state index is 1.04. The maximum absolute atomic E-state index is 2.35. The van der Waals surface area contributed by atoms with Crippen LogP contribution >= 0.6 is 0 Å². The first-order valence-electron chi connectivity index (χ1n) is 18.8. The standard InChI is InChI=1S/C38H78/c1-4-7-10-12-14-16-17-18-19-20-21-22-23-24-25-26-27-29-31-34-37-38(35-32-9-6-3)36-33-30-28-15-13-11-8-5-2/h38H,4-37H2,1-3H3. The second-order valence-electron chi connectivity index (χ2n) is 13.1. The van der Waals surface area contributed by atoms with E-state index >= 15 is 0 Å². The van der Waals surface area contributed by atoms with Gasteiger partial charge in [-0.15, -0.1) is 0 Å². The van der Waals surface area contributed by atoms with Gasteiger partial charge < -0.3 is 0 Å². The second-order valence-corrected chi connectivity index (χ2v) is 13.1. The summed E-state index contributed by atoms with van der Waals surface area (Å²) in [6.07, 6.45) is 50.3. The van der Waals surface area contributed by atoms with E-state index in [0.717, 1.165) is 5.92 Å². The second kappa shape index (κ2) is 35.0. The van der Waals surface area contributed by atoms with Gasteiger partial charge in [0.05, 0.1) is 0 Å². The first kappa shape index (κ1) is 38.0. The monoisotopic (exact) mass is 535 g/mol. The lowest BCUT2D eigenvalue weighted by atomic mass is 9.89. The highest BCUT2D eigenvalue weighted by Gasteiger charge is 2.08. The third-order valence-electron chi connectivity index (χ3n) is 9.15. The molecule has 0 saturated heterocycles. The predicted molar refractivity (Wildman–Crippen MR) is 177 cm³/mol. The molecule has 0 fully saturated rings. The fourth-order valence-electron chi connectivity index (χ4n) is 6.37. The Kier molecular flexibility index (Phi) is 35.0. The van der Waals surface area contributed by atoms with Gasteiger partial charge in [-0.25, -0.2) is 0 Å². The molecule has 0 aliphatic carbocycles. The highest BCUT2D eigenvalue weighted by molar-refractivity contribution is 4.62. The number of hydrogen-bond acceptors (Lipinski definition) is 0. The Labute approximate surface area is 244 Å². The van der Waals surface area contributed by atoms with E-state index in [2.05, 4.69) is 20.8 Å². The summed E-state index contributed by atoms with van der Waals surface area (Å²) < 4.78 is 0. The Bertz CT molecular complexity index is 385. The molecule has 1 atom stereocenters. The van der Waals surface area contributed by atoms with Gasteiger partial charge in [-0.1, -0.05) is 239 Å². The highest BCUT2D eigenvalue weighted by atomic mass is 14.1. The molecule has 0 heteroatoms. The summed E-state index contributed by atoms with van der Waals surface area (Å²) >= 11 is 0. The molecular weight excluding hydrogens is 456 g/mol. The van der Waals surface area contributed by atoms with E-state index in [0.29, 0.717) is 0 Å². The summed E-state index contributed by atoms with van der Waals surface area (Å²) in [7, 11) is 0. The Morgan fingerprint density at radius 2 is 0.368 bits per heavy atom. The quantitative estimate of drug-likeness (QED) is 0.0720. The summed E-state index contributed by atoms with van der Waals surface area (Å²) in [4.78, 5) is 0. The van der Waals surface area contributed by atoms with Crippen molar-refractivity contribution in [1.82, 2.24) is 0 Å². The summed E-state index contributed by atoms with van der Waals surface area (Å²) in [5, 5.41) is 0. The van der Waals surface area contributed by atoms with Crippen LogP contribution < -0.4 is 0 Å². The normalized spacial score (nSPS) is 12.4. The summed E-state index contributed by atoms with van der Waals surface area (Å²) in [5.74, 6) is 1.04. The lowest BCUT2D eigenvalue weighted by Crippen LogP contribution is -2.01. The van der Waals surface area contributed by atoms with Crippen LogP contribution in [0.4, 0.5) is 0 Å². The van der Waals surface area contributed by atoms with Gasteiger partial charge in [0.25, 0.3) is 0 Å². The van der Waals surface area contributed by atoms with Crippen LogP contribution in [0.25, 0.3) is 0 Å². The lowest BCUT2D eigenvalue weighted by molar-refractivity contribution is 0.367. The van der Waals surface area contributed by atoms with E-state index in [4.69, 9.17) is 0 Å². The van der Waals surface area contributed by atoms with Gasteiger partial charge in [0.15, 0.2) is 0 Å². The fourth-order valence-corrected chi connectivity index (χ4v) is 6.37. The van der Waals surface area contributed by atoms with Crippen molar-refractivity contribution < 1.29 is 0 Å². The molecule has 0 aromatic heterocycles. The largest absolute Gasteiger partial charge is 0.0654 e. The molecule has 230 valence electrons. The zero-order valence-corrected chi connectivity index (χ0v) is 27.6. The first-order chi connectivity index (χ1) is 18.8. The molecule has 1 unspecified atom stereocenters. The molecule has 0 bridgehead atoms. The van der Waals surface area contributed by atoms with E-state index in [-0.39, 0.29) is 0 Å². The van der Waals surface area contributed by atoms with Gasteiger partial charge in [0.2, 0.25) is 0 Å². The third-order valence-corrected chi connectivity index (χ3v) is 9.15. The molecular formula is C38H78. The van der Waals surface area contributed by atoms with Crippen molar-refractivity contribution in [3.05, 3.63) is 0 Å². The lowest BCUT2D eigenvalue weighted by Gasteiger charge is -2.17. The number of hydrogen-bond donors (Lipinski definition) is 0. The van der Waals surface area contributed by atoms with Gasteiger partial charge in [0.1, 0.15) is 0 Å². The Morgan fingerprint density at radius 3 is 0.605 bits per heavy atom. The van der Waals surface area contributed by atoms with Crippen molar-refractivity contribution in [2.45, 2.75) is 239 Å². The van der Waals surface area contributed by atoms with Crippen LogP contribution in [0, 0.1) is 5.92 Å². The maximum atomic E-state index is 2.35. The Hall–Kier alpha value is 0. The predicted octanol–water partition coefficient (Wildman–Crippen LogP) is 14.9. The molecule has 0 spiro atoms. The SMILES string of the molecule is CCCCCCCCCCCCCCCCCCCCCCC(CCCCC)CCCCCCCCCC. The summed E-state index contributed by atoms with van der Waals surface area (Å²) in [5.41, 5.74) is 0. The molecule has 0 nitrogen and oxygen atoms in total. The van der Waals surface area contributed by atoms with Gasteiger partial charge in [-0.3, -0.25) is 0 Å². The van der Waals surface area contributed by atoms with Crippen LogP contribution in [-0.2, 0) is 0 Å². The van der Waals surface area contributed by atoms with Crippen LogP contribution in [0.3, 0.4) is 0 Å². The molecule has 0 aliphatic rings. The van der Waals surface area contributed by atoms with Crippen molar-refractivity contribution in [2.24, 2.45) is 5.92 Å². The van der Waals surface area contributed by atoms with E-state index in [1.807, 2.05) is 0 Å². The molecule has 0 aliphatic heterocycles. The smallest absolute Gasteiger partial charge is 0.0414 e. The average Bonchev–Trinajstić information content (AvgIpc) is 2.93. The van der Waals surface area contributed by atoms with Gasteiger partial charge >= 0.3 is 0 Å². The van der Waals surface area contributed by atoms with Crippen LogP contribution in [0.2, 0.25) is 0 Å². The minimum atomic E-state index is 1.04. The molecule has 0 heterocycles. The Morgan fingerprint density at radius 1 is 0.211 bits per heavy atom. The molecule has 38 heavy (non-hydrogen) atoms. The van der Waals surface area contributed by atoms with Gasteiger partial charge in [0, 0.05) is 0 Å². The maximum Gasteiger partial charge on any atom is -0.0414 e. The average molecular weight is 535 g/mol. The summed E-state index contributed by atoms with van der Waals surface area (Å²) in [6, 6.07) is 0. The zero-order chi connectivity index (χ0) is 27.6. The number of unbranched alkanes of at least 4 members (excludes halogenated alkanes) is 28. The van der Waals surface area contributed by atoms with Crippen LogP contribution in [-0.4, -0.2) is 0 Å². The fraction of sp³-hybridized carbons (Fsp3) is 1.00. The Balaban J connectivity index is 3.44.